The van der Waals surface area contributed by atoms with Gasteiger partial charge in [-0.2, -0.15) is 0 Å². The maximum Gasteiger partial charge on any atom is 0.0569 e. The Morgan fingerprint density at radius 2 is 1.85 bits per heavy atom. The van der Waals surface area contributed by atoms with Crippen LogP contribution in [0, 0.1) is 16.7 Å². The number of aliphatic hydroxyl groups excluding tert-OH is 2. The van der Waals surface area contributed by atoms with Crippen molar-refractivity contribution >= 4 is 0 Å². The van der Waals surface area contributed by atoms with E-state index in [1.165, 1.54) is 0 Å². The Morgan fingerprint density at radius 1 is 1.31 bits per heavy atom. The molecule has 0 aliphatic heterocycles. The summed E-state index contributed by atoms with van der Waals surface area (Å²) in [5.74, 6) is 0.222. The van der Waals surface area contributed by atoms with Crippen molar-refractivity contribution in [2.75, 3.05) is 6.61 Å². The molecule has 2 N–H and O–H groups in total. The van der Waals surface area contributed by atoms with Crippen LogP contribution >= 0.6 is 0 Å². The smallest absolute Gasteiger partial charge is 0.0569 e. The molecule has 1 rings (SSSR count). The van der Waals surface area contributed by atoms with Gasteiger partial charge in [0.05, 0.1) is 6.10 Å². The van der Waals surface area contributed by atoms with Gasteiger partial charge in [0.1, 0.15) is 0 Å². The Balaban J connectivity index is 2.91. The minimum atomic E-state index is -0.327. The molecule has 13 heavy (non-hydrogen) atoms. The van der Waals surface area contributed by atoms with Crippen LogP contribution in [-0.2, 0) is 0 Å². The van der Waals surface area contributed by atoms with Crippen molar-refractivity contribution < 1.29 is 10.2 Å². The van der Waals surface area contributed by atoms with E-state index < -0.39 is 0 Å². The van der Waals surface area contributed by atoms with E-state index in [1.54, 1.807) is 0 Å². The molecule has 3 atom stereocenters. The molecule has 1 saturated carbocycles. The van der Waals surface area contributed by atoms with Gasteiger partial charge < -0.3 is 10.2 Å². The molecule has 1 unspecified atom stereocenters. The fourth-order valence-corrected chi connectivity index (χ4v) is 2.79. The summed E-state index contributed by atoms with van der Waals surface area (Å²) in [4.78, 5) is 0. The summed E-state index contributed by atoms with van der Waals surface area (Å²) in [6, 6.07) is 0. The number of hydrogen-bond donors (Lipinski definition) is 2. The third-order valence-electron chi connectivity index (χ3n) is 4.18. The lowest BCUT2D eigenvalue weighted by molar-refractivity contribution is -0.0232. The molecule has 1 aliphatic rings. The molecule has 0 aromatic carbocycles. The summed E-state index contributed by atoms with van der Waals surface area (Å²) in [5.41, 5.74) is 0.0682. The van der Waals surface area contributed by atoms with Crippen LogP contribution in [0.15, 0.2) is 0 Å². The minimum Gasteiger partial charge on any atom is -0.396 e. The second-order valence-corrected chi connectivity index (χ2v) is 5.41. The van der Waals surface area contributed by atoms with E-state index >= 15 is 0 Å². The van der Waals surface area contributed by atoms with E-state index in [1.807, 2.05) is 6.92 Å². The van der Waals surface area contributed by atoms with Crippen LogP contribution in [0.3, 0.4) is 0 Å². The average Bonchev–Trinajstić information content (AvgIpc) is 2.24. The Kier molecular flexibility index (Phi) is 2.75. The molecule has 0 spiro atoms. The van der Waals surface area contributed by atoms with Crippen LogP contribution in [0.5, 0.6) is 0 Å². The van der Waals surface area contributed by atoms with Crippen LogP contribution in [0.2, 0.25) is 0 Å². The number of aliphatic hydroxyl groups is 2. The SMILES string of the molecule is CC(O)[C@@]1(C)CCC(C)(C)[C@H]1CO. The van der Waals surface area contributed by atoms with Gasteiger partial charge in [-0.1, -0.05) is 20.8 Å². The van der Waals surface area contributed by atoms with Gasteiger partial charge in [-0.05, 0) is 36.5 Å². The third-order valence-corrected chi connectivity index (χ3v) is 4.18. The molecule has 0 radical (unpaired) electrons. The fraction of sp³-hybridized carbons (Fsp3) is 1.00. The lowest BCUT2D eigenvalue weighted by Gasteiger charge is -2.38. The standard InChI is InChI=1S/C11H22O2/c1-8(13)11(4)6-5-10(2,3)9(11)7-12/h8-9,12-13H,5-7H2,1-4H3/t8?,9-,11-/m1/s1. The van der Waals surface area contributed by atoms with E-state index in [2.05, 4.69) is 20.8 Å². The molecule has 0 saturated heterocycles. The normalized spacial score (nSPS) is 40.6. The van der Waals surface area contributed by atoms with Crippen molar-refractivity contribution in [3.8, 4) is 0 Å². The highest BCUT2D eigenvalue weighted by molar-refractivity contribution is 5.00. The molecule has 0 aromatic heterocycles. The van der Waals surface area contributed by atoms with Crippen molar-refractivity contribution in [2.45, 2.75) is 46.6 Å². The van der Waals surface area contributed by atoms with Gasteiger partial charge in [0, 0.05) is 6.61 Å². The van der Waals surface area contributed by atoms with Crippen molar-refractivity contribution in [1.29, 1.82) is 0 Å². The summed E-state index contributed by atoms with van der Waals surface area (Å²) in [7, 11) is 0. The first-order chi connectivity index (χ1) is 5.84. The molecule has 0 bridgehead atoms. The predicted molar refractivity (Wildman–Crippen MR) is 53.4 cm³/mol. The third kappa shape index (κ3) is 1.62. The van der Waals surface area contributed by atoms with E-state index in [0.29, 0.717) is 0 Å². The van der Waals surface area contributed by atoms with Gasteiger partial charge in [0.25, 0.3) is 0 Å². The topological polar surface area (TPSA) is 40.5 Å². The number of hydrogen-bond acceptors (Lipinski definition) is 2. The van der Waals surface area contributed by atoms with Gasteiger partial charge in [0.2, 0.25) is 0 Å². The Hall–Kier alpha value is -0.0800. The number of rotatable bonds is 2. The molecular weight excluding hydrogens is 164 g/mol. The second kappa shape index (κ2) is 3.25. The Labute approximate surface area is 81.0 Å². The van der Waals surface area contributed by atoms with Gasteiger partial charge in [-0.3, -0.25) is 0 Å². The van der Waals surface area contributed by atoms with Gasteiger partial charge in [-0.25, -0.2) is 0 Å². The van der Waals surface area contributed by atoms with Crippen LogP contribution < -0.4 is 0 Å². The highest BCUT2D eigenvalue weighted by Crippen LogP contribution is 2.55. The highest BCUT2D eigenvalue weighted by atomic mass is 16.3. The summed E-state index contributed by atoms with van der Waals surface area (Å²) < 4.78 is 0. The molecule has 78 valence electrons. The molecule has 1 fully saturated rings. The Bertz CT molecular complexity index is 187. The maximum atomic E-state index is 9.73. The quantitative estimate of drug-likeness (QED) is 0.690. The molecule has 0 amide bonds. The van der Waals surface area contributed by atoms with Crippen LogP contribution in [0.4, 0.5) is 0 Å². The predicted octanol–water partition coefficient (Wildman–Crippen LogP) is 1.80. The van der Waals surface area contributed by atoms with Crippen LogP contribution in [0.25, 0.3) is 0 Å². The molecule has 1 aliphatic carbocycles. The average molecular weight is 186 g/mol. The minimum absolute atomic E-state index is 0.0990. The first-order valence-electron chi connectivity index (χ1n) is 5.13. The van der Waals surface area contributed by atoms with E-state index in [0.717, 1.165) is 12.8 Å². The first-order valence-corrected chi connectivity index (χ1v) is 5.13. The summed E-state index contributed by atoms with van der Waals surface area (Å²) in [5, 5.41) is 19.1. The largest absolute Gasteiger partial charge is 0.396 e. The van der Waals surface area contributed by atoms with Gasteiger partial charge >= 0.3 is 0 Å². The van der Waals surface area contributed by atoms with Gasteiger partial charge in [-0.15, -0.1) is 0 Å². The zero-order chi connectivity index (χ0) is 10.3. The highest BCUT2D eigenvalue weighted by Gasteiger charge is 2.51. The summed E-state index contributed by atoms with van der Waals surface area (Å²) >= 11 is 0. The van der Waals surface area contributed by atoms with Crippen molar-refractivity contribution in [3.63, 3.8) is 0 Å². The monoisotopic (exact) mass is 186 g/mol. The molecule has 0 heterocycles. The first kappa shape index (κ1) is 11.0. The molecule has 2 heteroatoms. The zero-order valence-electron chi connectivity index (χ0n) is 9.17. The van der Waals surface area contributed by atoms with Crippen molar-refractivity contribution in [3.05, 3.63) is 0 Å². The van der Waals surface area contributed by atoms with Crippen LogP contribution in [-0.4, -0.2) is 22.9 Å². The molecule has 0 aromatic rings. The van der Waals surface area contributed by atoms with Crippen LogP contribution in [0.1, 0.15) is 40.5 Å². The summed E-state index contributed by atoms with van der Waals surface area (Å²) in [6.07, 6.45) is 1.79. The van der Waals surface area contributed by atoms with Crippen molar-refractivity contribution in [1.82, 2.24) is 0 Å². The van der Waals surface area contributed by atoms with E-state index in [9.17, 15) is 10.2 Å². The van der Waals surface area contributed by atoms with E-state index in [-0.39, 0.29) is 29.5 Å². The zero-order valence-corrected chi connectivity index (χ0v) is 9.17. The molecule has 2 nitrogen and oxygen atoms in total. The lowest BCUT2D eigenvalue weighted by atomic mass is 9.69. The van der Waals surface area contributed by atoms with Crippen molar-refractivity contribution in [2.24, 2.45) is 16.7 Å². The molecular formula is C11H22O2. The second-order valence-electron chi connectivity index (χ2n) is 5.41. The van der Waals surface area contributed by atoms with Gasteiger partial charge in [0.15, 0.2) is 0 Å². The summed E-state index contributed by atoms with van der Waals surface area (Å²) in [6.45, 7) is 8.48. The lowest BCUT2D eigenvalue weighted by Crippen LogP contribution is -2.39. The Morgan fingerprint density at radius 3 is 2.15 bits per heavy atom. The van der Waals surface area contributed by atoms with E-state index in [4.69, 9.17) is 0 Å². The maximum absolute atomic E-state index is 9.73. The fourth-order valence-electron chi connectivity index (χ4n) is 2.79.